The molecule has 0 bridgehead atoms. The minimum absolute atomic E-state index is 0.00208. The van der Waals surface area contributed by atoms with Crippen LogP contribution in [0, 0.1) is 13.8 Å². The van der Waals surface area contributed by atoms with Crippen molar-refractivity contribution in [3.8, 4) is 16.8 Å². The highest BCUT2D eigenvalue weighted by Gasteiger charge is 2.24. The van der Waals surface area contributed by atoms with Crippen molar-refractivity contribution < 1.29 is 14.7 Å². The van der Waals surface area contributed by atoms with Crippen LogP contribution in [0.5, 0.6) is 0 Å². The highest BCUT2D eigenvalue weighted by molar-refractivity contribution is 6.39. The summed E-state index contributed by atoms with van der Waals surface area (Å²) in [4.78, 5) is 37.7. The summed E-state index contributed by atoms with van der Waals surface area (Å²) in [5, 5.41) is 21.1. The molecule has 0 saturated carbocycles. The maximum absolute atomic E-state index is 13.1. The van der Waals surface area contributed by atoms with Crippen molar-refractivity contribution in [1.29, 1.82) is 0 Å². The quantitative estimate of drug-likeness (QED) is 0.366. The van der Waals surface area contributed by atoms with E-state index in [4.69, 9.17) is 23.2 Å². The van der Waals surface area contributed by atoms with Crippen LogP contribution in [0.1, 0.15) is 27.3 Å². The summed E-state index contributed by atoms with van der Waals surface area (Å²) < 4.78 is 2.91. The molecular formula is C26H23Cl2N5O4. The first-order valence-electron chi connectivity index (χ1n) is 11.2. The van der Waals surface area contributed by atoms with Gasteiger partial charge in [0.15, 0.2) is 0 Å². The van der Waals surface area contributed by atoms with Crippen molar-refractivity contribution in [2.24, 2.45) is 7.05 Å². The Morgan fingerprint density at radius 2 is 1.73 bits per heavy atom. The first-order valence-corrected chi connectivity index (χ1v) is 12.0. The number of aromatic nitrogens is 4. The van der Waals surface area contributed by atoms with Gasteiger partial charge in [-0.25, -0.2) is 14.2 Å². The highest BCUT2D eigenvalue weighted by atomic mass is 35.5. The third kappa shape index (κ3) is 5.42. The van der Waals surface area contributed by atoms with Crippen molar-refractivity contribution in [3.05, 3.63) is 97.6 Å². The molecule has 0 aliphatic carbocycles. The lowest BCUT2D eigenvalue weighted by Crippen LogP contribution is -2.42. The molecule has 0 aliphatic rings. The van der Waals surface area contributed by atoms with E-state index in [1.165, 1.54) is 16.8 Å². The number of nitrogens with one attached hydrogen (secondary N) is 1. The first kappa shape index (κ1) is 26.1. The van der Waals surface area contributed by atoms with E-state index in [0.29, 0.717) is 22.4 Å². The van der Waals surface area contributed by atoms with E-state index in [9.17, 15) is 19.5 Å². The Bertz CT molecular complexity index is 1540. The van der Waals surface area contributed by atoms with Crippen LogP contribution in [-0.2, 0) is 18.3 Å². The molecule has 0 spiro atoms. The Balaban J connectivity index is 1.63. The molecule has 0 fully saturated rings. The summed E-state index contributed by atoms with van der Waals surface area (Å²) in [7, 11) is 1.57. The molecule has 2 aromatic heterocycles. The van der Waals surface area contributed by atoms with Gasteiger partial charge in [-0.1, -0.05) is 53.5 Å². The summed E-state index contributed by atoms with van der Waals surface area (Å²) in [5.41, 5.74) is 3.57. The van der Waals surface area contributed by atoms with Gasteiger partial charge in [0, 0.05) is 19.2 Å². The van der Waals surface area contributed by atoms with Gasteiger partial charge in [-0.05, 0) is 43.2 Å². The van der Waals surface area contributed by atoms with Gasteiger partial charge in [0.1, 0.15) is 6.04 Å². The number of carbonyl (C=O) groups excluding carboxylic acids is 1. The van der Waals surface area contributed by atoms with Crippen LogP contribution in [-0.4, -0.2) is 42.6 Å². The molecule has 2 N–H and O–H groups in total. The molecule has 1 amide bonds. The van der Waals surface area contributed by atoms with Crippen molar-refractivity contribution >= 4 is 35.1 Å². The molecule has 0 radical (unpaired) electrons. The molecule has 0 saturated heterocycles. The van der Waals surface area contributed by atoms with Crippen molar-refractivity contribution in [2.45, 2.75) is 26.3 Å². The molecular weight excluding hydrogens is 517 g/mol. The summed E-state index contributed by atoms with van der Waals surface area (Å²) >= 11 is 12.2. The van der Waals surface area contributed by atoms with Crippen LogP contribution < -0.4 is 10.9 Å². The van der Waals surface area contributed by atoms with Gasteiger partial charge in [0.05, 0.1) is 38.8 Å². The minimum atomic E-state index is -1.23. The summed E-state index contributed by atoms with van der Waals surface area (Å²) in [6.45, 7) is 3.75. The smallest absolute Gasteiger partial charge is 0.326 e. The maximum Gasteiger partial charge on any atom is 0.326 e. The minimum Gasteiger partial charge on any atom is -0.480 e. The molecule has 1 atom stereocenters. The zero-order valence-corrected chi connectivity index (χ0v) is 21.7. The summed E-state index contributed by atoms with van der Waals surface area (Å²) in [5.74, 6) is -1.90. The number of halogens is 2. The van der Waals surface area contributed by atoms with Gasteiger partial charge in [0.2, 0.25) is 0 Å². The third-order valence-electron chi connectivity index (χ3n) is 5.83. The zero-order chi connectivity index (χ0) is 26.9. The molecule has 37 heavy (non-hydrogen) atoms. The van der Waals surface area contributed by atoms with E-state index in [0.717, 1.165) is 11.4 Å². The van der Waals surface area contributed by atoms with Crippen molar-refractivity contribution in [1.82, 2.24) is 24.9 Å². The van der Waals surface area contributed by atoms with E-state index in [1.54, 1.807) is 48.3 Å². The van der Waals surface area contributed by atoms with Crippen LogP contribution in [0.3, 0.4) is 0 Å². The zero-order valence-electron chi connectivity index (χ0n) is 20.2. The number of hydrogen-bond donors (Lipinski definition) is 2. The topological polar surface area (TPSA) is 119 Å². The molecule has 9 nitrogen and oxygen atoms in total. The number of carbonyl (C=O) groups is 2. The number of carboxylic acids is 1. The van der Waals surface area contributed by atoms with E-state index in [1.807, 2.05) is 19.9 Å². The SMILES string of the molecule is Cc1cc(C)n(-c2cnn(C)c(=O)c2-c2ccc(C[C@H](NC(=O)c3c(Cl)cccc3Cl)C(=O)O)cc2)n1. The molecule has 0 aliphatic heterocycles. The van der Waals surface area contributed by atoms with Gasteiger partial charge >= 0.3 is 5.97 Å². The summed E-state index contributed by atoms with van der Waals surface area (Å²) in [6.07, 6.45) is 1.59. The Morgan fingerprint density at radius 1 is 1.08 bits per heavy atom. The molecule has 190 valence electrons. The van der Waals surface area contributed by atoms with E-state index < -0.39 is 17.9 Å². The number of benzene rings is 2. The fourth-order valence-electron chi connectivity index (χ4n) is 4.02. The molecule has 0 unspecified atom stereocenters. The van der Waals surface area contributed by atoms with Crippen LogP contribution in [0.25, 0.3) is 16.8 Å². The van der Waals surface area contributed by atoms with Crippen molar-refractivity contribution in [2.75, 3.05) is 0 Å². The monoisotopic (exact) mass is 539 g/mol. The second-order valence-electron chi connectivity index (χ2n) is 8.53. The van der Waals surface area contributed by atoms with Crippen LogP contribution in [0.15, 0.2) is 59.5 Å². The van der Waals surface area contributed by atoms with Crippen LogP contribution in [0.4, 0.5) is 0 Å². The first-order chi connectivity index (χ1) is 17.6. The molecule has 4 rings (SSSR count). The lowest BCUT2D eigenvalue weighted by atomic mass is 10.0. The predicted molar refractivity (Wildman–Crippen MR) is 141 cm³/mol. The normalized spacial score (nSPS) is 11.8. The van der Waals surface area contributed by atoms with Gasteiger partial charge in [-0.3, -0.25) is 9.59 Å². The van der Waals surface area contributed by atoms with Crippen LogP contribution in [0.2, 0.25) is 10.0 Å². The second kappa shape index (κ2) is 10.6. The molecule has 2 aromatic carbocycles. The van der Waals surface area contributed by atoms with Crippen LogP contribution >= 0.6 is 23.2 Å². The number of aryl methyl sites for hydroxylation is 3. The van der Waals surface area contributed by atoms with E-state index >= 15 is 0 Å². The highest BCUT2D eigenvalue weighted by Crippen LogP contribution is 2.26. The van der Waals surface area contributed by atoms with Gasteiger partial charge < -0.3 is 10.4 Å². The fraction of sp³-hybridized carbons (Fsp3) is 0.192. The number of nitrogens with zero attached hydrogens (tertiary/aromatic N) is 4. The second-order valence-corrected chi connectivity index (χ2v) is 9.35. The number of amides is 1. The number of carboxylic acid groups (broad SMARTS) is 1. The largest absolute Gasteiger partial charge is 0.480 e. The fourth-order valence-corrected chi connectivity index (χ4v) is 4.59. The lowest BCUT2D eigenvalue weighted by molar-refractivity contribution is -0.139. The van der Waals surface area contributed by atoms with Gasteiger partial charge in [-0.2, -0.15) is 10.2 Å². The molecule has 2 heterocycles. The number of rotatable bonds is 7. The van der Waals surface area contributed by atoms with Crippen molar-refractivity contribution in [3.63, 3.8) is 0 Å². The molecule has 11 heteroatoms. The Morgan fingerprint density at radius 3 is 2.30 bits per heavy atom. The Labute approximate surface area is 222 Å². The lowest BCUT2D eigenvalue weighted by Gasteiger charge is -2.16. The maximum atomic E-state index is 13.1. The average molecular weight is 540 g/mol. The third-order valence-corrected chi connectivity index (χ3v) is 6.46. The summed E-state index contributed by atoms with van der Waals surface area (Å²) in [6, 6.07) is 12.1. The average Bonchev–Trinajstić information content (AvgIpc) is 3.18. The Hall–Kier alpha value is -3.95. The standard InChI is InChI=1S/C26H23Cl2N5O4/c1-14-11-15(2)33(31-14)21-13-29-32(3)25(35)22(21)17-9-7-16(8-10-17)12-20(26(36)37)30-24(34)23-18(27)5-4-6-19(23)28/h4-11,13,20H,12H2,1-3H3,(H,30,34)(H,36,37)/t20-/m0/s1. The van der Waals surface area contributed by atoms with E-state index in [2.05, 4.69) is 15.5 Å². The molecule has 4 aromatic rings. The van der Waals surface area contributed by atoms with Gasteiger partial charge in [0.25, 0.3) is 11.5 Å². The predicted octanol–water partition coefficient (Wildman–Crippen LogP) is 3.98. The number of hydrogen-bond acceptors (Lipinski definition) is 5. The Kier molecular flexibility index (Phi) is 7.47. The van der Waals surface area contributed by atoms with E-state index in [-0.39, 0.29) is 27.6 Å². The van der Waals surface area contributed by atoms with Gasteiger partial charge in [-0.15, -0.1) is 0 Å². The number of aliphatic carboxylic acids is 1.